The highest BCUT2D eigenvalue weighted by Crippen LogP contribution is 2.15. The fraction of sp³-hybridized carbons (Fsp3) is 0.800. The Morgan fingerprint density at radius 3 is 1.84 bits per heavy atom. The number of rotatable bonds is 17. The highest BCUT2D eigenvalue weighted by atomic mass is 16.7. The fourth-order valence-corrected chi connectivity index (χ4v) is 2.48. The van der Waals surface area contributed by atoms with Crippen molar-refractivity contribution < 1.29 is 59.9 Å². The topological polar surface area (TPSA) is 214 Å². The first-order chi connectivity index (χ1) is 15.1. The summed E-state index contributed by atoms with van der Waals surface area (Å²) >= 11 is 0. The molecular formula is C20H36O12. The quantitative estimate of drug-likeness (QED) is 0.0488. The third-order valence-corrected chi connectivity index (χ3v) is 4.52. The molecule has 0 saturated carbocycles. The molecule has 0 spiro atoms. The number of unbranched alkanes of at least 4 members (excludes halogenated alkanes) is 4. The third-order valence-electron chi connectivity index (χ3n) is 4.52. The lowest BCUT2D eigenvalue weighted by atomic mass is 10.0. The van der Waals surface area contributed by atoms with Crippen molar-refractivity contribution in [2.24, 2.45) is 5.92 Å². The molecule has 0 aliphatic rings. The minimum absolute atomic E-state index is 0.581. The number of hydrogen-bond donors (Lipinski definition) is 8. The SMILES string of the molecule is CCCCCCC=CC(CC(=O)OC(O)[C@@H](O)[C@@H](O)CO)C(=O)OC(O)[C@@H](O)[C@@H](O)CO. The van der Waals surface area contributed by atoms with Gasteiger partial charge in [-0.25, -0.2) is 0 Å². The van der Waals surface area contributed by atoms with E-state index in [1.807, 2.05) is 6.92 Å². The number of carbonyl (C=O) groups excluding carboxylic acids is 2. The molecule has 0 radical (unpaired) electrons. The molecule has 0 bridgehead atoms. The number of carbonyl (C=O) groups is 2. The highest BCUT2D eigenvalue weighted by molar-refractivity contribution is 5.81. The third kappa shape index (κ3) is 11.8. The lowest BCUT2D eigenvalue weighted by molar-refractivity contribution is -0.209. The lowest BCUT2D eigenvalue weighted by Gasteiger charge is -2.24. The molecule has 32 heavy (non-hydrogen) atoms. The van der Waals surface area contributed by atoms with Crippen molar-refractivity contribution >= 4 is 11.9 Å². The van der Waals surface area contributed by atoms with Crippen LogP contribution in [0.25, 0.3) is 0 Å². The summed E-state index contributed by atoms with van der Waals surface area (Å²) in [5, 5.41) is 74.6. The first-order valence-corrected chi connectivity index (χ1v) is 10.5. The number of allylic oxidation sites excluding steroid dienone is 1. The van der Waals surface area contributed by atoms with Crippen LogP contribution < -0.4 is 0 Å². The fourth-order valence-electron chi connectivity index (χ4n) is 2.48. The minimum atomic E-state index is -2.19. The Bertz CT molecular complexity index is 555. The maximum Gasteiger partial charge on any atom is 0.315 e. The van der Waals surface area contributed by atoms with Gasteiger partial charge in [0.2, 0.25) is 12.6 Å². The van der Waals surface area contributed by atoms with Crippen molar-refractivity contribution in [3.8, 4) is 0 Å². The molecule has 0 aromatic rings. The van der Waals surface area contributed by atoms with E-state index >= 15 is 0 Å². The Balaban J connectivity index is 5.10. The molecule has 188 valence electrons. The Morgan fingerprint density at radius 1 is 0.812 bits per heavy atom. The summed E-state index contributed by atoms with van der Waals surface area (Å²) < 4.78 is 9.21. The van der Waals surface area contributed by atoms with E-state index in [1.54, 1.807) is 6.08 Å². The van der Waals surface area contributed by atoms with Crippen LogP contribution in [0.4, 0.5) is 0 Å². The second-order valence-electron chi connectivity index (χ2n) is 7.28. The van der Waals surface area contributed by atoms with Crippen LogP contribution in [0.3, 0.4) is 0 Å². The zero-order chi connectivity index (χ0) is 24.7. The van der Waals surface area contributed by atoms with Crippen molar-refractivity contribution in [3.63, 3.8) is 0 Å². The molecule has 0 aliphatic carbocycles. The second-order valence-corrected chi connectivity index (χ2v) is 7.28. The number of aliphatic hydroxyl groups excluding tert-OH is 8. The van der Waals surface area contributed by atoms with Crippen LogP contribution in [-0.2, 0) is 19.1 Å². The van der Waals surface area contributed by atoms with Gasteiger partial charge in [0.25, 0.3) is 0 Å². The van der Waals surface area contributed by atoms with Gasteiger partial charge >= 0.3 is 11.9 Å². The van der Waals surface area contributed by atoms with Crippen LogP contribution in [0, 0.1) is 5.92 Å². The van der Waals surface area contributed by atoms with Gasteiger partial charge in [-0.3, -0.25) is 9.59 Å². The first kappa shape index (κ1) is 30.4. The van der Waals surface area contributed by atoms with Gasteiger partial charge in [0.1, 0.15) is 24.4 Å². The van der Waals surface area contributed by atoms with Crippen LogP contribution in [0.2, 0.25) is 0 Å². The molecule has 8 N–H and O–H groups in total. The summed E-state index contributed by atoms with van der Waals surface area (Å²) in [7, 11) is 0. The van der Waals surface area contributed by atoms with Gasteiger partial charge in [0.15, 0.2) is 0 Å². The number of ether oxygens (including phenoxy) is 2. The van der Waals surface area contributed by atoms with E-state index in [1.165, 1.54) is 6.08 Å². The normalized spacial score (nSPS) is 18.4. The molecule has 7 atom stereocenters. The number of hydrogen-bond acceptors (Lipinski definition) is 12. The van der Waals surface area contributed by atoms with E-state index in [9.17, 15) is 40.2 Å². The Morgan fingerprint density at radius 2 is 1.34 bits per heavy atom. The zero-order valence-electron chi connectivity index (χ0n) is 18.1. The second kappa shape index (κ2) is 16.9. The zero-order valence-corrected chi connectivity index (χ0v) is 18.1. The summed E-state index contributed by atoms with van der Waals surface area (Å²) in [6.45, 7) is 0.250. The van der Waals surface area contributed by atoms with Gasteiger partial charge < -0.3 is 50.3 Å². The smallest absolute Gasteiger partial charge is 0.315 e. The van der Waals surface area contributed by atoms with Crippen molar-refractivity contribution in [1.82, 2.24) is 0 Å². The predicted octanol–water partition coefficient (Wildman–Crippen LogP) is -2.33. The van der Waals surface area contributed by atoms with Crippen molar-refractivity contribution in [2.45, 2.75) is 82.4 Å². The molecule has 3 unspecified atom stereocenters. The average molecular weight is 468 g/mol. The van der Waals surface area contributed by atoms with Gasteiger partial charge in [-0.2, -0.15) is 0 Å². The molecule has 0 aromatic carbocycles. The van der Waals surface area contributed by atoms with Crippen molar-refractivity contribution in [3.05, 3.63) is 12.2 Å². The van der Waals surface area contributed by atoms with E-state index in [2.05, 4.69) is 9.47 Å². The van der Waals surface area contributed by atoms with Crippen LogP contribution in [0.5, 0.6) is 0 Å². The van der Waals surface area contributed by atoms with Gasteiger partial charge in [-0.05, 0) is 12.8 Å². The summed E-state index contributed by atoms with van der Waals surface area (Å²) in [6, 6.07) is 0. The van der Waals surface area contributed by atoms with Crippen LogP contribution in [0.15, 0.2) is 12.2 Å². The first-order valence-electron chi connectivity index (χ1n) is 10.5. The molecule has 0 saturated heterocycles. The monoisotopic (exact) mass is 468 g/mol. The average Bonchev–Trinajstić information content (AvgIpc) is 2.77. The van der Waals surface area contributed by atoms with Crippen LogP contribution in [0.1, 0.15) is 45.4 Å². The Hall–Kier alpha value is -1.64. The number of aliphatic hydroxyl groups is 8. The molecule has 0 aromatic heterocycles. The largest absolute Gasteiger partial charge is 0.433 e. The summed E-state index contributed by atoms with van der Waals surface area (Å²) in [4.78, 5) is 24.4. The molecule has 0 rings (SSSR count). The molecule has 0 amide bonds. The maximum absolute atomic E-state index is 12.4. The Labute approximate surface area is 186 Å². The van der Waals surface area contributed by atoms with Gasteiger partial charge in [-0.15, -0.1) is 0 Å². The molecule has 0 heterocycles. The van der Waals surface area contributed by atoms with Crippen LogP contribution >= 0.6 is 0 Å². The standard InChI is InChI=1S/C20H36O12/c1-2-3-4-5-6-7-8-12(18(28)32-20(30)17(27)14(24)11-22)9-15(25)31-19(29)16(26)13(23)10-21/h7-8,12-14,16-17,19-24,26-27,29-30H,2-6,9-11H2,1H3/t12?,13-,14-,16-,17-,19?,20?/m0/s1. The van der Waals surface area contributed by atoms with Crippen molar-refractivity contribution in [2.75, 3.05) is 13.2 Å². The van der Waals surface area contributed by atoms with Crippen molar-refractivity contribution in [1.29, 1.82) is 0 Å². The molecule has 0 fully saturated rings. The van der Waals surface area contributed by atoms with E-state index in [-0.39, 0.29) is 0 Å². The summed E-state index contributed by atoms with van der Waals surface area (Å²) in [6.07, 6.45) is -5.21. The molecule has 0 aliphatic heterocycles. The maximum atomic E-state index is 12.4. The molecule has 12 nitrogen and oxygen atoms in total. The van der Waals surface area contributed by atoms with E-state index in [0.717, 1.165) is 25.7 Å². The lowest BCUT2D eigenvalue weighted by Crippen LogP contribution is -2.43. The van der Waals surface area contributed by atoms with Gasteiger partial charge in [-0.1, -0.05) is 38.3 Å². The molecular weight excluding hydrogens is 432 g/mol. The number of esters is 2. The van der Waals surface area contributed by atoms with E-state index in [4.69, 9.17) is 10.2 Å². The van der Waals surface area contributed by atoms with Crippen LogP contribution in [-0.4, -0.2) is 103 Å². The summed E-state index contributed by atoms with van der Waals surface area (Å²) in [5.74, 6) is -3.63. The summed E-state index contributed by atoms with van der Waals surface area (Å²) in [5.41, 5.74) is 0. The van der Waals surface area contributed by atoms with E-state index in [0.29, 0.717) is 6.42 Å². The highest BCUT2D eigenvalue weighted by Gasteiger charge is 2.32. The van der Waals surface area contributed by atoms with Gasteiger partial charge in [0, 0.05) is 0 Å². The predicted molar refractivity (Wildman–Crippen MR) is 108 cm³/mol. The van der Waals surface area contributed by atoms with Gasteiger partial charge in [0.05, 0.1) is 25.6 Å². The van der Waals surface area contributed by atoms with E-state index < -0.39 is 74.5 Å². The Kier molecular flexibility index (Phi) is 16.1. The molecule has 12 heteroatoms. The minimum Gasteiger partial charge on any atom is -0.433 e.